The Morgan fingerprint density at radius 3 is 2.63 bits per heavy atom. The van der Waals surface area contributed by atoms with Gasteiger partial charge >= 0.3 is 0 Å². The summed E-state index contributed by atoms with van der Waals surface area (Å²) in [5, 5.41) is 4.33. The van der Waals surface area contributed by atoms with Gasteiger partial charge in [0, 0.05) is 41.7 Å². The topological polar surface area (TPSA) is 30.7 Å². The minimum absolute atomic E-state index is 0.687. The van der Waals surface area contributed by atoms with Gasteiger partial charge in [-0.2, -0.15) is 5.10 Å². The third-order valence-corrected chi connectivity index (χ3v) is 4.15. The van der Waals surface area contributed by atoms with Crippen LogP contribution in [0.1, 0.15) is 49.8 Å². The minimum Gasteiger partial charge on any atom is -0.272 e. The van der Waals surface area contributed by atoms with Crippen LogP contribution in [-0.4, -0.2) is 14.8 Å². The molecule has 3 heteroatoms. The molecule has 2 heterocycles. The Labute approximate surface area is 114 Å². The summed E-state index contributed by atoms with van der Waals surface area (Å²) in [4.78, 5) is 4.73. The quantitative estimate of drug-likeness (QED) is 0.832. The molecule has 1 aliphatic carbocycles. The second-order valence-corrected chi connectivity index (χ2v) is 5.49. The van der Waals surface area contributed by atoms with Crippen LogP contribution in [0, 0.1) is 6.92 Å². The van der Waals surface area contributed by atoms with Crippen molar-refractivity contribution in [3.63, 3.8) is 0 Å². The van der Waals surface area contributed by atoms with Crippen molar-refractivity contribution >= 4 is 0 Å². The number of hydrogen-bond acceptors (Lipinski definition) is 2. The molecule has 0 aromatic carbocycles. The van der Waals surface area contributed by atoms with Gasteiger partial charge in [-0.05, 0) is 38.3 Å². The van der Waals surface area contributed by atoms with E-state index < -0.39 is 0 Å². The number of hydrogen-bond donors (Lipinski definition) is 0. The summed E-state index contributed by atoms with van der Waals surface area (Å²) in [7, 11) is 0. The molecule has 3 rings (SSSR count). The van der Waals surface area contributed by atoms with Crippen LogP contribution < -0.4 is 0 Å². The summed E-state index contributed by atoms with van der Waals surface area (Å²) in [5.41, 5.74) is 4.98. The zero-order chi connectivity index (χ0) is 13.2. The van der Waals surface area contributed by atoms with E-state index in [2.05, 4.69) is 31.2 Å². The highest BCUT2D eigenvalue weighted by atomic mass is 15.3. The Kier molecular flexibility index (Phi) is 3.36. The van der Waals surface area contributed by atoms with Gasteiger partial charge < -0.3 is 0 Å². The Balaban J connectivity index is 1.90. The smallest absolute Gasteiger partial charge is 0.0568 e. The molecule has 0 N–H and O–H groups in total. The molecule has 2 aromatic heterocycles. The first kappa shape index (κ1) is 12.4. The maximum Gasteiger partial charge on any atom is 0.0568 e. The van der Waals surface area contributed by atoms with Gasteiger partial charge in [0.05, 0.1) is 6.20 Å². The second kappa shape index (κ2) is 5.16. The lowest BCUT2D eigenvalue weighted by molar-refractivity contribution is 0.660. The van der Waals surface area contributed by atoms with Gasteiger partial charge in [-0.25, -0.2) is 0 Å². The molecule has 0 radical (unpaired) electrons. The summed E-state index contributed by atoms with van der Waals surface area (Å²) < 4.78 is 1.95. The van der Waals surface area contributed by atoms with Crippen molar-refractivity contribution in [3.8, 4) is 11.1 Å². The number of aryl methyl sites for hydroxylation is 2. The van der Waals surface area contributed by atoms with Crippen molar-refractivity contribution in [1.29, 1.82) is 0 Å². The summed E-state index contributed by atoms with van der Waals surface area (Å²) in [6.07, 6.45) is 11.4. The van der Waals surface area contributed by atoms with Gasteiger partial charge in [0.1, 0.15) is 0 Å². The number of nitrogens with zero attached hydrogens (tertiary/aromatic N) is 3. The Bertz CT molecular complexity index is 565. The van der Waals surface area contributed by atoms with Crippen LogP contribution in [0.25, 0.3) is 11.1 Å². The van der Waals surface area contributed by atoms with Crippen molar-refractivity contribution in [3.05, 3.63) is 35.9 Å². The highest BCUT2D eigenvalue weighted by molar-refractivity contribution is 5.61. The summed E-state index contributed by atoms with van der Waals surface area (Å²) in [6, 6.07) is 2.26. The maximum absolute atomic E-state index is 4.73. The fourth-order valence-corrected chi connectivity index (χ4v) is 3.06. The molecule has 0 atom stereocenters. The number of aromatic nitrogens is 3. The lowest BCUT2D eigenvalue weighted by Gasteiger charge is -2.12. The molecule has 1 aliphatic rings. The van der Waals surface area contributed by atoms with Gasteiger partial charge in [0.2, 0.25) is 0 Å². The largest absolute Gasteiger partial charge is 0.272 e. The van der Waals surface area contributed by atoms with Crippen molar-refractivity contribution in [2.75, 3.05) is 0 Å². The molecule has 0 unspecified atom stereocenters. The molecule has 3 nitrogen and oxygen atoms in total. The molecule has 0 saturated heterocycles. The van der Waals surface area contributed by atoms with Crippen LogP contribution in [0.5, 0.6) is 0 Å². The van der Waals surface area contributed by atoms with Crippen molar-refractivity contribution in [2.24, 2.45) is 0 Å². The molecule has 1 saturated carbocycles. The lowest BCUT2D eigenvalue weighted by atomic mass is 9.97. The third-order valence-electron chi connectivity index (χ3n) is 4.15. The average molecular weight is 255 g/mol. The van der Waals surface area contributed by atoms with Crippen LogP contribution in [0.3, 0.4) is 0 Å². The average Bonchev–Trinajstić information content (AvgIpc) is 3.10. The van der Waals surface area contributed by atoms with E-state index in [1.165, 1.54) is 42.5 Å². The van der Waals surface area contributed by atoms with Gasteiger partial charge in [-0.1, -0.05) is 12.8 Å². The molecular formula is C16H21N3. The predicted octanol–water partition coefficient (Wildman–Crippen LogP) is 3.93. The van der Waals surface area contributed by atoms with E-state index in [-0.39, 0.29) is 0 Å². The minimum atomic E-state index is 0.687. The van der Waals surface area contributed by atoms with E-state index in [1.54, 1.807) is 0 Å². The molecular weight excluding hydrogens is 234 g/mol. The molecule has 2 aromatic rings. The Hall–Kier alpha value is -1.64. The SMILES string of the molecule is CCn1cc(-c2cnc(C3CCCC3)c(C)c2)cn1. The monoisotopic (exact) mass is 255 g/mol. The van der Waals surface area contributed by atoms with E-state index in [9.17, 15) is 0 Å². The summed E-state index contributed by atoms with van der Waals surface area (Å²) in [6.45, 7) is 5.20. The molecule has 0 amide bonds. The lowest BCUT2D eigenvalue weighted by Crippen LogP contribution is -2.00. The van der Waals surface area contributed by atoms with Gasteiger partial charge in [0.15, 0.2) is 0 Å². The Morgan fingerprint density at radius 1 is 1.21 bits per heavy atom. The molecule has 0 bridgehead atoms. The standard InChI is InChI=1S/C16H21N3/c1-3-19-11-15(10-18-19)14-8-12(2)16(17-9-14)13-6-4-5-7-13/h8-11,13H,3-7H2,1-2H3. The fourth-order valence-electron chi connectivity index (χ4n) is 3.06. The van der Waals surface area contributed by atoms with E-state index in [0.717, 1.165) is 12.1 Å². The number of pyridine rings is 1. The van der Waals surface area contributed by atoms with Gasteiger partial charge in [0.25, 0.3) is 0 Å². The van der Waals surface area contributed by atoms with Crippen LogP contribution in [0.15, 0.2) is 24.7 Å². The second-order valence-electron chi connectivity index (χ2n) is 5.49. The summed E-state index contributed by atoms with van der Waals surface area (Å²) >= 11 is 0. The molecule has 19 heavy (non-hydrogen) atoms. The Morgan fingerprint density at radius 2 is 2.00 bits per heavy atom. The fraction of sp³-hybridized carbons (Fsp3) is 0.500. The summed E-state index contributed by atoms with van der Waals surface area (Å²) in [5.74, 6) is 0.687. The first-order valence-electron chi connectivity index (χ1n) is 7.27. The van der Waals surface area contributed by atoms with E-state index in [1.807, 2.05) is 17.1 Å². The number of rotatable bonds is 3. The van der Waals surface area contributed by atoms with E-state index >= 15 is 0 Å². The molecule has 0 spiro atoms. The zero-order valence-electron chi connectivity index (χ0n) is 11.8. The predicted molar refractivity (Wildman–Crippen MR) is 77.1 cm³/mol. The van der Waals surface area contributed by atoms with Crippen molar-refractivity contribution in [2.45, 2.75) is 52.0 Å². The first-order valence-corrected chi connectivity index (χ1v) is 7.27. The first-order chi connectivity index (χ1) is 9.28. The highest BCUT2D eigenvalue weighted by Gasteiger charge is 2.20. The third kappa shape index (κ3) is 2.42. The molecule has 100 valence electrons. The van der Waals surface area contributed by atoms with Crippen LogP contribution in [-0.2, 0) is 6.54 Å². The van der Waals surface area contributed by atoms with E-state index in [0.29, 0.717) is 5.92 Å². The van der Waals surface area contributed by atoms with Crippen molar-refractivity contribution < 1.29 is 0 Å². The van der Waals surface area contributed by atoms with Crippen LogP contribution in [0.2, 0.25) is 0 Å². The molecule has 1 fully saturated rings. The van der Waals surface area contributed by atoms with Crippen LogP contribution in [0.4, 0.5) is 0 Å². The normalized spacial score (nSPS) is 16.1. The molecule has 0 aliphatic heterocycles. The zero-order valence-corrected chi connectivity index (χ0v) is 11.8. The van der Waals surface area contributed by atoms with E-state index in [4.69, 9.17) is 4.98 Å². The van der Waals surface area contributed by atoms with Gasteiger partial charge in [-0.3, -0.25) is 9.67 Å². The highest BCUT2D eigenvalue weighted by Crippen LogP contribution is 2.35. The maximum atomic E-state index is 4.73. The van der Waals surface area contributed by atoms with Crippen molar-refractivity contribution in [1.82, 2.24) is 14.8 Å². The van der Waals surface area contributed by atoms with Crippen LogP contribution >= 0.6 is 0 Å². The van der Waals surface area contributed by atoms with Gasteiger partial charge in [-0.15, -0.1) is 0 Å².